The zero-order chi connectivity index (χ0) is 12.8. The molecular formula is C13H20N2O3. The van der Waals surface area contributed by atoms with Crippen LogP contribution in [-0.4, -0.2) is 31.7 Å². The zero-order valence-electron chi connectivity index (χ0n) is 10.4. The van der Waals surface area contributed by atoms with Crippen molar-refractivity contribution in [3.8, 4) is 0 Å². The van der Waals surface area contributed by atoms with Gasteiger partial charge in [0.1, 0.15) is 5.76 Å². The summed E-state index contributed by atoms with van der Waals surface area (Å²) >= 11 is 0. The predicted molar refractivity (Wildman–Crippen MR) is 67.1 cm³/mol. The molecule has 1 amide bonds. The lowest BCUT2D eigenvalue weighted by molar-refractivity contribution is -0.122. The van der Waals surface area contributed by atoms with Crippen LogP contribution >= 0.6 is 0 Å². The molecule has 0 bridgehead atoms. The van der Waals surface area contributed by atoms with Gasteiger partial charge in [0.15, 0.2) is 0 Å². The molecule has 3 N–H and O–H groups in total. The molecule has 0 aromatic carbocycles. The molecule has 1 saturated heterocycles. The Morgan fingerprint density at radius 2 is 2.50 bits per heavy atom. The Labute approximate surface area is 107 Å². The van der Waals surface area contributed by atoms with Crippen molar-refractivity contribution in [2.45, 2.75) is 31.3 Å². The molecule has 2 atom stereocenters. The van der Waals surface area contributed by atoms with Gasteiger partial charge >= 0.3 is 0 Å². The Balaban J connectivity index is 1.75. The Morgan fingerprint density at radius 1 is 1.61 bits per heavy atom. The summed E-state index contributed by atoms with van der Waals surface area (Å²) in [5.74, 6) is 0.714. The highest BCUT2D eigenvalue weighted by Crippen LogP contribution is 2.18. The third-order valence-electron chi connectivity index (χ3n) is 3.21. The summed E-state index contributed by atoms with van der Waals surface area (Å²) in [6.45, 7) is 1.80. The number of carbonyl (C=O) groups excluding carboxylic acids is 1. The number of nitrogens with one attached hydrogen (secondary N) is 1. The second-order valence-electron chi connectivity index (χ2n) is 4.59. The Bertz CT molecular complexity index is 358. The van der Waals surface area contributed by atoms with E-state index >= 15 is 0 Å². The van der Waals surface area contributed by atoms with Crippen LogP contribution in [0.4, 0.5) is 0 Å². The minimum Gasteiger partial charge on any atom is -0.469 e. The normalized spacial score (nSPS) is 20.8. The number of carbonyl (C=O) groups is 1. The molecule has 0 aliphatic carbocycles. The highest BCUT2D eigenvalue weighted by atomic mass is 16.5. The van der Waals surface area contributed by atoms with Crippen LogP contribution in [0.15, 0.2) is 22.8 Å². The maximum atomic E-state index is 11.8. The summed E-state index contributed by atoms with van der Waals surface area (Å²) in [4.78, 5) is 11.8. The number of furan rings is 1. The predicted octanol–water partition coefficient (Wildman–Crippen LogP) is 1.01. The van der Waals surface area contributed by atoms with Gasteiger partial charge in [-0.3, -0.25) is 4.79 Å². The molecule has 18 heavy (non-hydrogen) atoms. The maximum Gasteiger partial charge on any atom is 0.220 e. The second kappa shape index (κ2) is 6.56. The van der Waals surface area contributed by atoms with E-state index in [-0.39, 0.29) is 17.9 Å². The Hall–Kier alpha value is -1.33. The van der Waals surface area contributed by atoms with Crippen molar-refractivity contribution in [3.63, 3.8) is 0 Å². The highest BCUT2D eigenvalue weighted by Gasteiger charge is 2.19. The van der Waals surface area contributed by atoms with Crippen LogP contribution in [0, 0.1) is 0 Å². The molecule has 2 heterocycles. The number of hydrogen-bond donors (Lipinski definition) is 2. The van der Waals surface area contributed by atoms with Gasteiger partial charge in [0, 0.05) is 32.0 Å². The van der Waals surface area contributed by atoms with Crippen molar-refractivity contribution < 1.29 is 13.9 Å². The summed E-state index contributed by atoms with van der Waals surface area (Å²) in [5, 5.41) is 2.89. The van der Waals surface area contributed by atoms with E-state index in [1.54, 1.807) is 6.26 Å². The first kappa shape index (κ1) is 13.1. The van der Waals surface area contributed by atoms with Gasteiger partial charge in [-0.2, -0.15) is 0 Å². The summed E-state index contributed by atoms with van der Waals surface area (Å²) in [6.07, 6.45) is 4.24. The van der Waals surface area contributed by atoms with Crippen LogP contribution in [0.2, 0.25) is 0 Å². The SMILES string of the molecule is NCC(CC(=O)NCC1CCCO1)c1ccco1. The fourth-order valence-corrected chi connectivity index (χ4v) is 2.15. The van der Waals surface area contributed by atoms with E-state index in [4.69, 9.17) is 14.9 Å². The molecular weight excluding hydrogens is 232 g/mol. The number of amides is 1. The van der Waals surface area contributed by atoms with Crippen LogP contribution in [0.5, 0.6) is 0 Å². The molecule has 5 heteroatoms. The fraction of sp³-hybridized carbons (Fsp3) is 0.615. The van der Waals surface area contributed by atoms with Gasteiger partial charge in [0.05, 0.1) is 12.4 Å². The van der Waals surface area contributed by atoms with Crippen molar-refractivity contribution in [3.05, 3.63) is 24.2 Å². The maximum absolute atomic E-state index is 11.8. The quantitative estimate of drug-likeness (QED) is 0.792. The molecule has 1 aliphatic rings. The van der Waals surface area contributed by atoms with Crippen molar-refractivity contribution >= 4 is 5.91 Å². The van der Waals surface area contributed by atoms with Gasteiger partial charge in [-0.25, -0.2) is 0 Å². The number of rotatable bonds is 6. The number of hydrogen-bond acceptors (Lipinski definition) is 4. The van der Waals surface area contributed by atoms with Crippen molar-refractivity contribution in [1.82, 2.24) is 5.32 Å². The molecule has 0 saturated carbocycles. The minimum absolute atomic E-state index is 0.00245. The molecule has 2 unspecified atom stereocenters. The molecule has 2 rings (SSSR count). The number of ether oxygens (including phenoxy) is 1. The molecule has 0 radical (unpaired) electrons. The van der Waals surface area contributed by atoms with E-state index in [1.165, 1.54) is 0 Å². The fourth-order valence-electron chi connectivity index (χ4n) is 2.15. The van der Waals surface area contributed by atoms with Gasteiger partial charge in [0.25, 0.3) is 0 Å². The van der Waals surface area contributed by atoms with E-state index in [1.807, 2.05) is 12.1 Å². The van der Waals surface area contributed by atoms with Crippen LogP contribution in [0.3, 0.4) is 0 Å². The first-order valence-corrected chi connectivity index (χ1v) is 6.41. The van der Waals surface area contributed by atoms with Crippen molar-refractivity contribution in [1.29, 1.82) is 0 Å². The first-order chi connectivity index (χ1) is 8.79. The van der Waals surface area contributed by atoms with Crippen molar-refractivity contribution in [2.75, 3.05) is 19.7 Å². The third kappa shape index (κ3) is 3.58. The molecule has 5 nitrogen and oxygen atoms in total. The van der Waals surface area contributed by atoms with Gasteiger partial charge in [-0.05, 0) is 25.0 Å². The monoisotopic (exact) mass is 252 g/mol. The summed E-state index contributed by atoms with van der Waals surface area (Å²) in [7, 11) is 0. The first-order valence-electron chi connectivity index (χ1n) is 6.41. The van der Waals surface area contributed by atoms with E-state index in [0.717, 1.165) is 25.2 Å². The Morgan fingerprint density at radius 3 is 3.11 bits per heavy atom. The lowest BCUT2D eigenvalue weighted by Crippen LogP contribution is -2.33. The highest BCUT2D eigenvalue weighted by molar-refractivity contribution is 5.76. The standard InChI is InChI=1S/C13H20N2O3/c14-8-10(12-4-2-6-18-12)7-13(16)15-9-11-3-1-5-17-11/h2,4,6,10-11H,1,3,5,7-9,14H2,(H,15,16). The van der Waals surface area contributed by atoms with E-state index < -0.39 is 0 Å². The minimum atomic E-state index is -0.0514. The van der Waals surface area contributed by atoms with Crippen molar-refractivity contribution in [2.24, 2.45) is 5.73 Å². The average Bonchev–Trinajstić information content (AvgIpc) is 3.05. The van der Waals surface area contributed by atoms with E-state index in [2.05, 4.69) is 5.32 Å². The average molecular weight is 252 g/mol. The zero-order valence-corrected chi connectivity index (χ0v) is 10.4. The number of nitrogens with two attached hydrogens (primary N) is 1. The van der Waals surface area contributed by atoms with E-state index in [9.17, 15) is 4.79 Å². The van der Waals surface area contributed by atoms with Crippen LogP contribution in [-0.2, 0) is 9.53 Å². The molecule has 1 aliphatic heterocycles. The summed E-state index contributed by atoms with van der Waals surface area (Å²) < 4.78 is 10.7. The van der Waals surface area contributed by atoms with Gasteiger partial charge in [-0.1, -0.05) is 0 Å². The molecule has 0 spiro atoms. The van der Waals surface area contributed by atoms with Crippen LogP contribution in [0.25, 0.3) is 0 Å². The van der Waals surface area contributed by atoms with Gasteiger partial charge in [-0.15, -0.1) is 0 Å². The molecule has 100 valence electrons. The topological polar surface area (TPSA) is 77.5 Å². The Kier molecular flexibility index (Phi) is 4.78. The van der Waals surface area contributed by atoms with E-state index in [0.29, 0.717) is 19.5 Å². The van der Waals surface area contributed by atoms with Gasteiger partial charge < -0.3 is 20.2 Å². The molecule has 1 aromatic heterocycles. The smallest absolute Gasteiger partial charge is 0.220 e. The lowest BCUT2D eigenvalue weighted by Gasteiger charge is -2.14. The van der Waals surface area contributed by atoms with Crippen LogP contribution in [0.1, 0.15) is 30.9 Å². The second-order valence-corrected chi connectivity index (χ2v) is 4.59. The van der Waals surface area contributed by atoms with Crippen LogP contribution < -0.4 is 11.1 Å². The van der Waals surface area contributed by atoms with Gasteiger partial charge in [0.2, 0.25) is 5.91 Å². The molecule has 1 fully saturated rings. The summed E-state index contributed by atoms with van der Waals surface area (Å²) in [6, 6.07) is 3.66. The molecule has 1 aromatic rings. The largest absolute Gasteiger partial charge is 0.469 e. The third-order valence-corrected chi connectivity index (χ3v) is 3.21. The summed E-state index contributed by atoms with van der Waals surface area (Å²) in [5.41, 5.74) is 5.67. The lowest BCUT2D eigenvalue weighted by atomic mass is 10.0.